The average Bonchev–Trinajstić information content (AvgIpc) is 3.64. The van der Waals surface area contributed by atoms with Crippen molar-refractivity contribution in [3.63, 3.8) is 0 Å². The van der Waals surface area contributed by atoms with E-state index >= 15 is 0 Å². The van der Waals surface area contributed by atoms with Gasteiger partial charge < -0.3 is 14.6 Å². The minimum absolute atomic E-state index is 0.0170. The van der Waals surface area contributed by atoms with Gasteiger partial charge in [0.2, 0.25) is 0 Å². The van der Waals surface area contributed by atoms with E-state index in [0.717, 1.165) is 74.2 Å². The maximum absolute atomic E-state index is 6.61. The predicted octanol–water partition coefficient (Wildman–Crippen LogP) is 8.54. The molecule has 4 nitrogen and oxygen atoms in total. The van der Waals surface area contributed by atoms with E-state index in [0.29, 0.717) is 0 Å². The van der Waals surface area contributed by atoms with Crippen LogP contribution in [0.5, 0.6) is 5.75 Å². The van der Waals surface area contributed by atoms with Gasteiger partial charge >= 0.3 is 0 Å². The molecular weight excluding hydrogens is 538 g/mol. The maximum atomic E-state index is 6.61. The molecule has 0 saturated heterocycles. The Morgan fingerprint density at radius 2 is 1.57 bits per heavy atom. The number of benzene rings is 1. The molecule has 218 valence electrons. The van der Waals surface area contributed by atoms with Crippen molar-refractivity contribution >= 4 is 23.7 Å². The standard InChI is InChI=1S/C40H37N3O/c1-2-13-26(14-3-1)33-25-34(42-40(41-33)32-20-12-19-30-29-17-7-11-24-38(29)44-39(30)32)31-18-6-10-23-37(31)43-35-21-8-4-15-27(35)28-16-5-9-22-36(28)43/h1-2,6-9,11-13,17-22,24-25,30,33,39H,3-5,10,14-16,23H2,(H,41,42). The van der Waals surface area contributed by atoms with Crippen LogP contribution in [-0.2, 0) is 12.8 Å². The van der Waals surface area contributed by atoms with Crippen molar-refractivity contribution in [3.8, 4) is 5.75 Å². The minimum Gasteiger partial charge on any atom is -0.484 e. The molecule has 0 bridgehead atoms. The van der Waals surface area contributed by atoms with Crippen molar-refractivity contribution in [1.29, 1.82) is 0 Å². The molecule has 0 saturated carbocycles. The van der Waals surface area contributed by atoms with E-state index < -0.39 is 0 Å². The van der Waals surface area contributed by atoms with Gasteiger partial charge in [0.15, 0.2) is 0 Å². The van der Waals surface area contributed by atoms with Gasteiger partial charge in [-0.3, -0.25) is 4.99 Å². The highest BCUT2D eigenvalue weighted by molar-refractivity contribution is 6.03. The van der Waals surface area contributed by atoms with E-state index in [1.54, 1.807) is 11.1 Å². The number of ether oxygens (including phenoxy) is 1. The first-order valence-corrected chi connectivity index (χ1v) is 16.4. The Bertz CT molecular complexity index is 1840. The van der Waals surface area contributed by atoms with Crippen LogP contribution >= 0.6 is 0 Å². The summed E-state index contributed by atoms with van der Waals surface area (Å²) in [6.07, 6.45) is 38.5. The second-order valence-corrected chi connectivity index (χ2v) is 12.7. The Morgan fingerprint density at radius 1 is 0.795 bits per heavy atom. The van der Waals surface area contributed by atoms with E-state index in [2.05, 4.69) is 113 Å². The van der Waals surface area contributed by atoms with Crippen molar-refractivity contribution in [2.24, 2.45) is 4.99 Å². The SMILES string of the molecule is C1=CCCC(C2C=C(C3=C(n4c5c(c6c4C=CCC6)CCC=C5)CCC=C3)NC(C3=CC=CC4c5ccccc5OC34)=N2)=C1. The Hall–Kier alpha value is -4.57. The summed E-state index contributed by atoms with van der Waals surface area (Å²) in [4.78, 5) is 5.39. The largest absolute Gasteiger partial charge is 0.484 e. The third kappa shape index (κ3) is 4.15. The van der Waals surface area contributed by atoms with Gasteiger partial charge in [-0.25, -0.2) is 0 Å². The molecular formula is C40H37N3O. The molecule has 3 heterocycles. The number of aliphatic imine (C=N–C) groups is 1. The minimum atomic E-state index is -0.0852. The number of allylic oxidation sites excluding steroid dienone is 10. The smallest absolute Gasteiger partial charge is 0.138 e. The lowest BCUT2D eigenvalue weighted by atomic mass is 9.86. The number of fused-ring (bicyclic) bond motifs is 6. The fraction of sp³-hybridized carbons (Fsp3) is 0.275. The van der Waals surface area contributed by atoms with Crippen LogP contribution in [0.2, 0.25) is 0 Å². The number of aromatic nitrogens is 1. The number of amidine groups is 1. The molecule has 4 heteroatoms. The first kappa shape index (κ1) is 25.9. The number of para-hydroxylation sites is 1. The van der Waals surface area contributed by atoms with E-state index in [-0.39, 0.29) is 18.1 Å². The van der Waals surface area contributed by atoms with Crippen molar-refractivity contribution in [1.82, 2.24) is 9.88 Å². The molecule has 0 radical (unpaired) electrons. The van der Waals surface area contributed by atoms with Crippen molar-refractivity contribution < 1.29 is 4.74 Å². The lowest BCUT2D eigenvalue weighted by molar-refractivity contribution is 0.261. The zero-order chi connectivity index (χ0) is 29.0. The van der Waals surface area contributed by atoms with Crippen molar-refractivity contribution in [2.75, 3.05) is 0 Å². The van der Waals surface area contributed by atoms with Crippen LogP contribution in [0.15, 0.2) is 119 Å². The van der Waals surface area contributed by atoms with Gasteiger partial charge in [0, 0.05) is 45.4 Å². The summed E-state index contributed by atoms with van der Waals surface area (Å²) in [5.41, 5.74) is 13.5. The Balaban J connectivity index is 1.17. The summed E-state index contributed by atoms with van der Waals surface area (Å²) in [6.45, 7) is 0. The number of hydrogen-bond donors (Lipinski definition) is 1. The summed E-state index contributed by atoms with van der Waals surface area (Å²) in [7, 11) is 0. The number of hydrogen-bond acceptors (Lipinski definition) is 3. The summed E-state index contributed by atoms with van der Waals surface area (Å²) in [5, 5.41) is 3.88. The molecule has 44 heavy (non-hydrogen) atoms. The molecule has 2 aliphatic heterocycles. The molecule has 1 aromatic heterocycles. The van der Waals surface area contributed by atoms with Gasteiger partial charge in [-0.1, -0.05) is 79.0 Å². The zero-order valence-corrected chi connectivity index (χ0v) is 25.0. The number of nitrogens with zero attached hydrogens (tertiary/aromatic N) is 2. The zero-order valence-electron chi connectivity index (χ0n) is 25.0. The van der Waals surface area contributed by atoms with E-state index in [9.17, 15) is 0 Å². The highest BCUT2D eigenvalue weighted by Gasteiger charge is 2.39. The normalized spacial score (nSPS) is 26.0. The summed E-state index contributed by atoms with van der Waals surface area (Å²) >= 11 is 0. The Morgan fingerprint density at radius 3 is 2.39 bits per heavy atom. The van der Waals surface area contributed by atoms with Gasteiger partial charge in [-0.15, -0.1) is 0 Å². The Labute approximate surface area is 259 Å². The second-order valence-electron chi connectivity index (χ2n) is 12.7. The summed E-state index contributed by atoms with van der Waals surface area (Å²) in [5.74, 6) is 2.10. The van der Waals surface area contributed by atoms with Crippen molar-refractivity contribution in [2.45, 2.75) is 69.4 Å². The monoisotopic (exact) mass is 575 g/mol. The molecule has 7 aliphatic rings. The summed E-state index contributed by atoms with van der Waals surface area (Å²) < 4.78 is 9.20. The molecule has 0 fully saturated rings. The third-order valence-corrected chi connectivity index (χ3v) is 10.1. The van der Waals surface area contributed by atoms with E-state index in [1.807, 2.05) is 0 Å². The molecule has 1 N–H and O–H groups in total. The maximum Gasteiger partial charge on any atom is 0.138 e. The fourth-order valence-electron chi connectivity index (χ4n) is 8.07. The molecule has 9 rings (SSSR count). The molecule has 5 aliphatic carbocycles. The fourth-order valence-corrected chi connectivity index (χ4v) is 8.07. The molecule has 3 atom stereocenters. The molecule has 0 spiro atoms. The van der Waals surface area contributed by atoms with Gasteiger partial charge in [0.05, 0.1) is 6.04 Å². The van der Waals surface area contributed by atoms with Crippen LogP contribution in [-0.4, -0.2) is 22.5 Å². The lowest BCUT2D eigenvalue weighted by Crippen LogP contribution is -2.38. The first-order valence-electron chi connectivity index (χ1n) is 16.4. The Kier molecular flexibility index (Phi) is 6.21. The molecule has 0 amide bonds. The van der Waals surface area contributed by atoms with Crippen molar-refractivity contribution in [3.05, 3.63) is 142 Å². The summed E-state index contributed by atoms with van der Waals surface area (Å²) in [6, 6.07) is 8.44. The van der Waals surface area contributed by atoms with Gasteiger partial charge in [0.25, 0.3) is 0 Å². The third-order valence-electron chi connectivity index (χ3n) is 10.1. The lowest BCUT2D eigenvalue weighted by Gasteiger charge is -2.31. The van der Waals surface area contributed by atoms with Gasteiger partial charge in [-0.05, 0) is 92.4 Å². The highest BCUT2D eigenvalue weighted by Crippen LogP contribution is 2.45. The first-order chi connectivity index (χ1) is 21.8. The van der Waals surface area contributed by atoms with Crippen LogP contribution in [0.3, 0.4) is 0 Å². The van der Waals surface area contributed by atoms with Crippen LogP contribution in [0.4, 0.5) is 0 Å². The topological polar surface area (TPSA) is 38.5 Å². The quantitative estimate of drug-likeness (QED) is 0.397. The average molecular weight is 576 g/mol. The van der Waals surface area contributed by atoms with Crippen LogP contribution in [0.25, 0.3) is 17.8 Å². The number of nitrogens with one attached hydrogen (secondary N) is 1. The second kappa shape index (κ2) is 10.6. The molecule has 3 unspecified atom stereocenters. The van der Waals surface area contributed by atoms with Gasteiger partial charge in [-0.2, -0.15) is 0 Å². The van der Waals surface area contributed by atoms with Gasteiger partial charge in [0.1, 0.15) is 17.7 Å². The highest BCUT2D eigenvalue weighted by atomic mass is 16.5. The van der Waals surface area contributed by atoms with Crippen LogP contribution in [0, 0.1) is 0 Å². The molecule has 2 aromatic rings. The van der Waals surface area contributed by atoms with E-state index in [1.165, 1.54) is 33.8 Å². The van der Waals surface area contributed by atoms with Crippen LogP contribution in [0.1, 0.15) is 72.5 Å². The number of rotatable bonds is 4. The van der Waals surface area contributed by atoms with Crippen LogP contribution < -0.4 is 10.1 Å². The molecule has 1 aromatic carbocycles. The van der Waals surface area contributed by atoms with E-state index in [4.69, 9.17) is 9.73 Å². The predicted molar refractivity (Wildman–Crippen MR) is 180 cm³/mol.